The Morgan fingerprint density at radius 2 is 0.915 bits per heavy atom. The van der Waals surface area contributed by atoms with Crippen LogP contribution in [-0.2, 0) is 0 Å². The highest BCUT2D eigenvalue weighted by molar-refractivity contribution is 7.27. The van der Waals surface area contributed by atoms with Crippen molar-refractivity contribution in [3.8, 4) is 34.2 Å². The maximum Gasteiger partial charge on any atom is 0.164 e. The van der Waals surface area contributed by atoms with Crippen LogP contribution in [0.15, 0.2) is 152 Å². The number of thiophene rings is 1. The van der Waals surface area contributed by atoms with Gasteiger partial charge in [0.05, 0.1) is 0 Å². The van der Waals surface area contributed by atoms with Crippen molar-refractivity contribution in [2.75, 3.05) is 0 Å². The quantitative estimate of drug-likeness (QED) is 0.186. The van der Waals surface area contributed by atoms with Crippen molar-refractivity contribution >= 4 is 74.6 Å². The first-order chi connectivity index (χ1) is 23.3. The lowest BCUT2D eigenvalue weighted by Crippen LogP contribution is -2.00. The predicted octanol–water partition coefficient (Wildman–Crippen LogP) is 11.9. The molecule has 0 saturated carbocycles. The van der Waals surface area contributed by atoms with Gasteiger partial charge in [0.25, 0.3) is 0 Å². The van der Waals surface area contributed by atoms with Crippen molar-refractivity contribution in [2.45, 2.75) is 0 Å². The molecule has 10 rings (SSSR count). The number of aromatic nitrogens is 3. The Morgan fingerprint density at radius 3 is 1.62 bits per heavy atom. The molecule has 0 atom stereocenters. The lowest BCUT2D eigenvalue weighted by atomic mass is 9.98. The number of nitrogens with zero attached hydrogens (tertiary/aromatic N) is 3. The van der Waals surface area contributed by atoms with Gasteiger partial charge in [0.1, 0.15) is 0 Å². The zero-order valence-electron chi connectivity index (χ0n) is 25.2. The van der Waals surface area contributed by atoms with Gasteiger partial charge in [-0.15, -0.1) is 11.3 Å². The van der Waals surface area contributed by atoms with Crippen molar-refractivity contribution in [3.63, 3.8) is 0 Å². The van der Waals surface area contributed by atoms with Gasteiger partial charge in [0.15, 0.2) is 17.5 Å². The largest absolute Gasteiger partial charge is 0.208 e. The van der Waals surface area contributed by atoms with Crippen LogP contribution < -0.4 is 0 Å². The van der Waals surface area contributed by atoms with E-state index in [-0.39, 0.29) is 0 Å². The number of benzene rings is 8. The third-order valence-electron chi connectivity index (χ3n) is 9.26. The molecular formula is C43H25N3S. The maximum absolute atomic E-state index is 5.20. The van der Waals surface area contributed by atoms with Crippen LogP contribution in [-0.4, -0.2) is 15.0 Å². The summed E-state index contributed by atoms with van der Waals surface area (Å²) in [6, 6.07) is 53.8. The molecule has 218 valence electrons. The Kier molecular flexibility index (Phi) is 5.74. The molecule has 0 bridgehead atoms. The SMILES string of the molecule is c1ccc2cc(-c3nc(-c4ccc5ccccc5c4)nc(-c4cccc5sc6c(ccc7ccc8ccccc8c76)c45)n3)ccc2c1. The number of hydrogen-bond acceptors (Lipinski definition) is 4. The molecule has 0 aliphatic carbocycles. The summed E-state index contributed by atoms with van der Waals surface area (Å²) in [7, 11) is 0. The summed E-state index contributed by atoms with van der Waals surface area (Å²) < 4.78 is 2.51. The first-order valence-electron chi connectivity index (χ1n) is 15.8. The monoisotopic (exact) mass is 615 g/mol. The van der Waals surface area contributed by atoms with E-state index in [1.165, 1.54) is 52.5 Å². The van der Waals surface area contributed by atoms with Crippen molar-refractivity contribution in [1.29, 1.82) is 0 Å². The summed E-state index contributed by atoms with van der Waals surface area (Å²) in [5.41, 5.74) is 2.95. The van der Waals surface area contributed by atoms with Crippen LogP contribution in [0.2, 0.25) is 0 Å². The second-order valence-electron chi connectivity index (χ2n) is 12.0. The van der Waals surface area contributed by atoms with E-state index in [0.717, 1.165) is 27.5 Å². The Balaban J connectivity index is 1.25. The molecule has 0 unspecified atom stereocenters. The van der Waals surface area contributed by atoms with Crippen molar-refractivity contribution in [1.82, 2.24) is 15.0 Å². The minimum absolute atomic E-state index is 0.664. The minimum atomic E-state index is 0.664. The third-order valence-corrected chi connectivity index (χ3v) is 10.5. The van der Waals surface area contributed by atoms with E-state index in [9.17, 15) is 0 Å². The number of hydrogen-bond donors (Lipinski definition) is 0. The van der Waals surface area contributed by atoms with E-state index in [1.54, 1.807) is 0 Å². The van der Waals surface area contributed by atoms with Crippen molar-refractivity contribution < 1.29 is 0 Å². The molecule has 0 spiro atoms. The van der Waals surface area contributed by atoms with Gasteiger partial charge in [0.2, 0.25) is 0 Å². The lowest BCUT2D eigenvalue weighted by molar-refractivity contribution is 1.08. The first-order valence-corrected chi connectivity index (χ1v) is 16.6. The fraction of sp³-hybridized carbons (Fsp3) is 0. The van der Waals surface area contributed by atoms with Crippen LogP contribution in [0.3, 0.4) is 0 Å². The molecule has 8 aromatic carbocycles. The smallest absolute Gasteiger partial charge is 0.164 e. The molecular weight excluding hydrogens is 591 g/mol. The Bertz CT molecular complexity index is 2770. The fourth-order valence-electron chi connectivity index (χ4n) is 6.97. The zero-order chi connectivity index (χ0) is 30.9. The van der Waals surface area contributed by atoms with E-state index >= 15 is 0 Å². The zero-order valence-corrected chi connectivity index (χ0v) is 26.0. The second-order valence-corrected chi connectivity index (χ2v) is 13.1. The molecule has 0 radical (unpaired) electrons. The average Bonchev–Trinajstić information content (AvgIpc) is 3.53. The molecule has 2 heterocycles. The summed E-state index contributed by atoms with van der Waals surface area (Å²) in [4.78, 5) is 15.5. The summed E-state index contributed by atoms with van der Waals surface area (Å²) in [6.07, 6.45) is 0. The normalized spacial score (nSPS) is 11.8. The molecule has 3 nitrogen and oxygen atoms in total. The van der Waals surface area contributed by atoms with E-state index in [1.807, 2.05) is 11.3 Å². The Hall–Kier alpha value is -5.97. The van der Waals surface area contributed by atoms with Gasteiger partial charge >= 0.3 is 0 Å². The molecule has 0 amide bonds. The number of rotatable bonds is 3. The highest BCUT2D eigenvalue weighted by atomic mass is 32.1. The van der Waals surface area contributed by atoms with E-state index in [2.05, 4.69) is 152 Å². The predicted molar refractivity (Wildman–Crippen MR) is 199 cm³/mol. The standard InChI is InChI=1S/C43H25N3S/c1-3-11-30-24-32(20-16-26(30)8-1)41-44-42(33-21-17-27-9-2-4-12-31(27)25-33)46-43(45-41)36-14-7-15-37-39(36)35-23-22-29-19-18-28-10-5-6-13-34(28)38(29)40(35)47-37/h1-25H. The van der Waals surface area contributed by atoms with Gasteiger partial charge in [0, 0.05) is 42.2 Å². The van der Waals surface area contributed by atoms with Crippen LogP contribution in [0.1, 0.15) is 0 Å². The van der Waals surface area contributed by atoms with Gasteiger partial charge in [-0.3, -0.25) is 0 Å². The average molecular weight is 616 g/mol. The molecule has 0 saturated heterocycles. The van der Waals surface area contributed by atoms with Gasteiger partial charge in [-0.05, 0) is 55.9 Å². The second kappa shape index (κ2) is 10.3. The van der Waals surface area contributed by atoms with E-state index in [4.69, 9.17) is 15.0 Å². The summed E-state index contributed by atoms with van der Waals surface area (Å²) in [5, 5.41) is 12.2. The Labute approximate surface area is 274 Å². The van der Waals surface area contributed by atoms with Crippen LogP contribution in [0.25, 0.3) is 97.4 Å². The molecule has 0 aliphatic heterocycles. The molecule has 2 aromatic heterocycles. The molecule has 0 aliphatic rings. The number of fused-ring (bicyclic) bond motifs is 9. The highest BCUT2D eigenvalue weighted by Gasteiger charge is 2.19. The van der Waals surface area contributed by atoms with Crippen LogP contribution in [0, 0.1) is 0 Å². The summed E-state index contributed by atoms with van der Waals surface area (Å²) in [6.45, 7) is 0. The van der Waals surface area contributed by atoms with Crippen LogP contribution in [0.5, 0.6) is 0 Å². The fourth-order valence-corrected chi connectivity index (χ4v) is 8.27. The topological polar surface area (TPSA) is 38.7 Å². The van der Waals surface area contributed by atoms with E-state index < -0.39 is 0 Å². The summed E-state index contributed by atoms with van der Waals surface area (Å²) in [5.74, 6) is 2.00. The molecule has 0 N–H and O–H groups in total. The van der Waals surface area contributed by atoms with Crippen molar-refractivity contribution in [3.05, 3.63) is 152 Å². The van der Waals surface area contributed by atoms with Gasteiger partial charge in [-0.2, -0.15) is 0 Å². The lowest BCUT2D eigenvalue weighted by Gasteiger charge is -2.11. The van der Waals surface area contributed by atoms with Gasteiger partial charge in [-0.1, -0.05) is 133 Å². The highest BCUT2D eigenvalue weighted by Crippen LogP contribution is 2.44. The Morgan fingerprint density at radius 1 is 0.362 bits per heavy atom. The van der Waals surface area contributed by atoms with Crippen LogP contribution >= 0.6 is 11.3 Å². The van der Waals surface area contributed by atoms with Crippen molar-refractivity contribution in [2.24, 2.45) is 0 Å². The first kappa shape index (κ1) is 26.3. The molecule has 10 aromatic rings. The molecule has 0 fully saturated rings. The minimum Gasteiger partial charge on any atom is -0.208 e. The molecule has 47 heavy (non-hydrogen) atoms. The van der Waals surface area contributed by atoms with E-state index in [0.29, 0.717) is 17.5 Å². The van der Waals surface area contributed by atoms with Gasteiger partial charge in [-0.25, -0.2) is 15.0 Å². The summed E-state index contributed by atoms with van der Waals surface area (Å²) >= 11 is 1.85. The van der Waals surface area contributed by atoms with Gasteiger partial charge < -0.3 is 0 Å². The van der Waals surface area contributed by atoms with Crippen LogP contribution in [0.4, 0.5) is 0 Å². The maximum atomic E-state index is 5.20. The molecule has 4 heteroatoms. The third kappa shape index (κ3) is 4.23.